The Kier molecular flexibility index (Phi) is 10.4. The van der Waals surface area contributed by atoms with Crippen LogP contribution in [0.3, 0.4) is 0 Å². The van der Waals surface area contributed by atoms with Crippen LogP contribution >= 0.6 is 15.7 Å². The van der Waals surface area contributed by atoms with Gasteiger partial charge in [0.05, 0.1) is 7.77 Å². The van der Waals surface area contributed by atoms with E-state index in [4.69, 9.17) is 0 Å². The molecule has 0 amide bonds. The Morgan fingerprint density at radius 3 is 1.75 bits per heavy atom. The van der Waals surface area contributed by atoms with Crippen LogP contribution in [0.4, 0.5) is 0 Å². The van der Waals surface area contributed by atoms with Crippen LogP contribution in [0.1, 0.15) is 27.7 Å². The summed E-state index contributed by atoms with van der Waals surface area (Å²) < 4.78 is 0. The molecule has 0 N–H and O–H groups in total. The minimum atomic E-state index is -1.44. The zero-order valence-corrected chi connectivity index (χ0v) is 22.0. The van der Waals surface area contributed by atoms with Crippen molar-refractivity contribution in [1.29, 1.82) is 0 Å². The van der Waals surface area contributed by atoms with Crippen molar-refractivity contribution in [3.8, 4) is 0 Å². The van der Waals surface area contributed by atoms with Gasteiger partial charge in [-0.15, -0.1) is 0 Å². The van der Waals surface area contributed by atoms with Crippen LogP contribution in [0.2, 0.25) is 0 Å². The Morgan fingerprint density at radius 2 is 1.34 bits per heavy atom. The number of allylic oxidation sites excluding steroid dienone is 4. The van der Waals surface area contributed by atoms with Crippen LogP contribution < -0.4 is 15.5 Å². The molecule has 0 radical (unpaired) electrons. The van der Waals surface area contributed by atoms with Gasteiger partial charge in [-0.05, 0) is 45.4 Å². The molecule has 4 rings (SSSR count). The van der Waals surface area contributed by atoms with Crippen molar-refractivity contribution in [2.24, 2.45) is 0 Å². The molecule has 1 aliphatic rings. The van der Waals surface area contributed by atoms with E-state index in [1.54, 1.807) is 0 Å². The number of hydrogen-bond acceptors (Lipinski definition) is 1. The fraction of sp³-hybridized carbons (Fsp3) is 0.214. The Hall–Kier alpha value is -1.65. The van der Waals surface area contributed by atoms with Crippen LogP contribution in [0, 0.1) is 0 Å². The Balaban J connectivity index is 0.000000534. The molecule has 3 aromatic rings. The molecule has 0 spiro atoms. The van der Waals surface area contributed by atoms with Gasteiger partial charge in [-0.3, -0.25) is 0 Å². The SMILES string of the molecule is C[C@@H](C1=CC=C/C1=[P+](/[O-])C(C)(C)C)P(c1ccccc1)c1ccccc1.[Fe+2].c1cc[cH-]c1. The first-order chi connectivity index (χ1) is 14.9. The zero-order chi connectivity index (χ0) is 22.3. The topological polar surface area (TPSA) is 23.1 Å². The molecule has 1 nitrogen and oxygen atoms in total. The Morgan fingerprint density at radius 1 is 0.844 bits per heavy atom. The number of benzene rings is 2. The van der Waals surface area contributed by atoms with Gasteiger partial charge in [0.2, 0.25) is 0 Å². The minimum absolute atomic E-state index is 0. The molecule has 0 heterocycles. The van der Waals surface area contributed by atoms with Gasteiger partial charge in [0.25, 0.3) is 0 Å². The Labute approximate surface area is 206 Å². The van der Waals surface area contributed by atoms with Crippen molar-refractivity contribution in [3.63, 3.8) is 0 Å². The second-order valence-corrected chi connectivity index (χ2v) is 13.5. The van der Waals surface area contributed by atoms with Gasteiger partial charge in [0, 0.05) is 11.2 Å². The molecule has 0 saturated heterocycles. The van der Waals surface area contributed by atoms with E-state index in [0.717, 1.165) is 5.29 Å². The van der Waals surface area contributed by atoms with E-state index in [1.807, 2.05) is 30.3 Å². The molecule has 0 aromatic heterocycles. The van der Waals surface area contributed by atoms with Crippen LogP contribution in [0.15, 0.2) is 115 Å². The van der Waals surface area contributed by atoms with Gasteiger partial charge < -0.3 is 4.89 Å². The summed E-state index contributed by atoms with van der Waals surface area (Å²) in [6.07, 6.45) is 6.28. The summed E-state index contributed by atoms with van der Waals surface area (Å²) in [5.41, 5.74) is 1.54. The zero-order valence-electron chi connectivity index (χ0n) is 19.1. The fourth-order valence-electron chi connectivity index (χ4n) is 3.56. The van der Waals surface area contributed by atoms with Crippen molar-refractivity contribution in [1.82, 2.24) is 0 Å². The summed E-state index contributed by atoms with van der Waals surface area (Å²) in [5.74, 6) is 0. The van der Waals surface area contributed by atoms with Crippen LogP contribution in [-0.2, 0) is 17.1 Å². The van der Waals surface area contributed by atoms with Gasteiger partial charge in [-0.1, -0.05) is 79.7 Å². The maximum atomic E-state index is 13.1. The molecular weight excluding hydrogens is 470 g/mol. The van der Waals surface area contributed by atoms with Crippen molar-refractivity contribution in [3.05, 3.63) is 115 Å². The van der Waals surface area contributed by atoms with E-state index in [9.17, 15) is 4.89 Å². The summed E-state index contributed by atoms with van der Waals surface area (Å²) >= 11 is 0. The van der Waals surface area contributed by atoms with E-state index in [-0.39, 0.29) is 22.2 Å². The van der Waals surface area contributed by atoms with E-state index in [2.05, 4.69) is 107 Å². The van der Waals surface area contributed by atoms with Gasteiger partial charge >= 0.3 is 17.1 Å². The first-order valence-corrected chi connectivity index (χ1v) is 13.4. The molecule has 166 valence electrons. The molecule has 0 bridgehead atoms. The van der Waals surface area contributed by atoms with Crippen LogP contribution in [-0.4, -0.2) is 16.1 Å². The number of hydrogen-bond donors (Lipinski definition) is 0. The number of rotatable bonds is 4. The Bertz CT molecular complexity index is 973. The quantitative estimate of drug-likeness (QED) is 0.240. The van der Waals surface area contributed by atoms with Gasteiger partial charge in [0.15, 0.2) is 0 Å². The molecule has 1 unspecified atom stereocenters. The molecule has 3 aromatic carbocycles. The van der Waals surface area contributed by atoms with E-state index < -0.39 is 15.7 Å². The molecule has 2 atom stereocenters. The summed E-state index contributed by atoms with van der Waals surface area (Å²) in [7, 11) is -2.00. The fourth-order valence-corrected chi connectivity index (χ4v) is 7.79. The maximum absolute atomic E-state index is 13.1. The molecule has 0 aliphatic heterocycles. The van der Waals surface area contributed by atoms with Crippen LogP contribution in [0.25, 0.3) is 0 Å². The summed E-state index contributed by atoms with van der Waals surface area (Å²) in [6.45, 7) is 8.47. The summed E-state index contributed by atoms with van der Waals surface area (Å²) in [6, 6.07) is 31.5. The van der Waals surface area contributed by atoms with Crippen molar-refractivity contribution in [2.45, 2.75) is 38.5 Å². The molecule has 32 heavy (non-hydrogen) atoms. The first kappa shape index (κ1) is 26.6. The second kappa shape index (κ2) is 12.6. The smallest absolute Gasteiger partial charge is 0.630 e. The van der Waals surface area contributed by atoms with Crippen molar-refractivity contribution in [2.75, 3.05) is 0 Å². The predicted octanol–water partition coefficient (Wildman–Crippen LogP) is 6.14. The third-order valence-electron chi connectivity index (χ3n) is 5.12. The standard InChI is InChI=1S/C23H26OP2.C5H5.Fe/c1-18(21-16-11-17-22(21)26(24)23(2,3)4)25(19-12-7-5-8-13-19)20-14-9-6-10-15-20;1-2-4-5-3-1;/h5-18H,1-4H3;1-5H;/q;-1;+2/t18-;;/m0../s1. The maximum Gasteiger partial charge on any atom is 2.00 e. The largest absolute Gasteiger partial charge is 2.00 e. The molecule has 4 heteroatoms. The van der Waals surface area contributed by atoms with E-state index in [0.29, 0.717) is 5.66 Å². The summed E-state index contributed by atoms with van der Waals surface area (Å²) in [4.78, 5) is 13.1. The molecule has 0 saturated carbocycles. The molecule has 1 aliphatic carbocycles. The first-order valence-electron chi connectivity index (χ1n) is 10.7. The molecule has 0 fully saturated rings. The van der Waals surface area contributed by atoms with Gasteiger partial charge in [0.1, 0.15) is 10.4 Å². The minimum Gasteiger partial charge on any atom is -0.630 e. The third-order valence-corrected chi connectivity index (χ3v) is 9.94. The average Bonchev–Trinajstić information content (AvgIpc) is 3.49. The monoisotopic (exact) mass is 501 g/mol. The van der Waals surface area contributed by atoms with E-state index in [1.165, 1.54) is 16.2 Å². The van der Waals surface area contributed by atoms with Crippen molar-refractivity contribution < 1.29 is 22.0 Å². The van der Waals surface area contributed by atoms with Gasteiger partial charge in [-0.2, -0.15) is 18.2 Å². The third kappa shape index (κ3) is 6.92. The van der Waals surface area contributed by atoms with Crippen molar-refractivity contribution >= 4 is 31.6 Å². The average molecular weight is 501 g/mol. The van der Waals surface area contributed by atoms with E-state index >= 15 is 0 Å². The predicted molar refractivity (Wildman–Crippen MR) is 139 cm³/mol. The summed E-state index contributed by atoms with van der Waals surface area (Å²) in [5, 5.41) is 3.53. The van der Waals surface area contributed by atoms with Crippen LogP contribution in [0.5, 0.6) is 0 Å². The molecular formula is C28H31FeOP2+. The normalized spacial score (nSPS) is 15.4. The second-order valence-electron chi connectivity index (χ2n) is 8.51. The van der Waals surface area contributed by atoms with Gasteiger partial charge in [-0.25, -0.2) is 12.1 Å².